The van der Waals surface area contributed by atoms with Gasteiger partial charge in [0.2, 0.25) is 0 Å². The van der Waals surface area contributed by atoms with Crippen molar-refractivity contribution in [2.75, 3.05) is 31.3 Å². The van der Waals surface area contributed by atoms with Crippen LogP contribution in [0.1, 0.15) is 0 Å². The monoisotopic (exact) mass is 225 g/mol. The van der Waals surface area contributed by atoms with Gasteiger partial charge in [-0.05, 0) is 12.1 Å². The van der Waals surface area contributed by atoms with Gasteiger partial charge >= 0.3 is 0 Å². The lowest BCUT2D eigenvalue weighted by Crippen LogP contribution is -2.31. The molecule has 1 heterocycles. The summed E-state index contributed by atoms with van der Waals surface area (Å²) < 4.78 is 10.7. The standard InChI is InChI=1S/C11H15NO2S/c12-10-3-1-2-4-11(10)14-5-6-15-9-7-13-8-9/h1-4,9H,5-8,12H2. The molecule has 1 aromatic carbocycles. The number of thioether (sulfide) groups is 1. The molecule has 3 nitrogen and oxygen atoms in total. The Balaban J connectivity index is 1.66. The molecule has 1 saturated heterocycles. The van der Waals surface area contributed by atoms with Gasteiger partial charge in [-0.15, -0.1) is 0 Å². The highest BCUT2D eigenvalue weighted by atomic mass is 32.2. The van der Waals surface area contributed by atoms with Crippen LogP contribution in [0.4, 0.5) is 5.69 Å². The molecule has 1 aliphatic heterocycles. The van der Waals surface area contributed by atoms with Crippen LogP contribution < -0.4 is 10.5 Å². The van der Waals surface area contributed by atoms with E-state index in [0.29, 0.717) is 17.5 Å². The molecule has 1 aromatic rings. The Morgan fingerprint density at radius 2 is 2.20 bits per heavy atom. The lowest BCUT2D eigenvalue weighted by Gasteiger charge is -2.25. The summed E-state index contributed by atoms with van der Waals surface area (Å²) in [6.07, 6.45) is 0. The smallest absolute Gasteiger partial charge is 0.142 e. The lowest BCUT2D eigenvalue weighted by atomic mass is 10.3. The zero-order chi connectivity index (χ0) is 10.5. The van der Waals surface area contributed by atoms with Crippen LogP contribution in [0.2, 0.25) is 0 Å². The number of hydrogen-bond acceptors (Lipinski definition) is 4. The van der Waals surface area contributed by atoms with Gasteiger partial charge in [-0.2, -0.15) is 11.8 Å². The molecular weight excluding hydrogens is 210 g/mol. The zero-order valence-corrected chi connectivity index (χ0v) is 9.33. The maximum atomic E-state index is 5.75. The first-order valence-electron chi connectivity index (χ1n) is 5.03. The minimum atomic E-state index is 0.668. The van der Waals surface area contributed by atoms with Crippen molar-refractivity contribution < 1.29 is 9.47 Å². The van der Waals surface area contributed by atoms with Gasteiger partial charge in [0.15, 0.2) is 0 Å². The van der Waals surface area contributed by atoms with Crippen LogP contribution >= 0.6 is 11.8 Å². The average Bonchev–Trinajstić information content (AvgIpc) is 2.17. The Kier molecular flexibility index (Phi) is 3.75. The van der Waals surface area contributed by atoms with Gasteiger partial charge in [-0.25, -0.2) is 0 Å². The summed E-state index contributed by atoms with van der Waals surface area (Å²) in [7, 11) is 0. The Bertz CT molecular complexity index is 315. The van der Waals surface area contributed by atoms with E-state index in [4.69, 9.17) is 15.2 Å². The second kappa shape index (κ2) is 5.28. The number of para-hydroxylation sites is 2. The van der Waals surface area contributed by atoms with E-state index in [-0.39, 0.29) is 0 Å². The van der Waals surface area contributed by atoms with E-state index in [0.717, 1.165) is 24.7 Å². The molecular formula is C11H15NO2S. The van der Waals surface area contributed by atoms with E-state index in [1.807, 2.05) is 36.0 Å². The van der Waals surface area contributed by atoms with Crippen molar-refractivity contribution in [2.24, 2.45) is 0 Å². The Labute approximate surface area is 93.9 Å². The number of nitrogen functional groups attached to an aromatic ring is 1. The molecule has 15 heavy (non-hydrogen) atoms. The quantitative estimate of drug-likeness (QED) is 0.613. The van der Waals surface area contributed by atoms with E-state index < -0.39 is 0 Å². The highest BCUT2D eigenvalue weighted by Gasteiger charge is 2.17. The van der Waals surface area contributed by atoms with Crippen molar-refractivity contribution in [1.82, 2.24) is 0 Å². The Hall–Kier alpha value is -0.870. The van der Waals surface area contributed by atoms with Crippen molar-refractivity contribution in [3.8, 4) is 5.75 Å². The van der Waals surface area contributed by atoms with Crippen molar-refractivity contribution in [3.63, 3.8) is 0 Å². The number of hydrogen-bond donors (Lipinski definition) is 1. The first-order chi connectivity index (χ1) is 7.36. The van der Waals surface area contributed by atoms with Gasteiger partial charge in [0.05, 0.1) is 30.8 Å². The largest absolute Gasteiger partial charge is 0.491 e. The third-order valence-electron chi connectivity index (χ3n) is 2.22. The molecule has 0 amide bonds. The van der Waals surface area contributed by atoms with Crippen LogP contribution in [0.5, 0.6) is 5.75 Å². The molecule has 0 unspecified atom stereocenters. The molecule has 4 heteroatoms. The van der Waals surface area contributed by atoms with Gasteiger partial charge in [-0.3, -0.25) is 0 Å². The first-order valence-corrected chi connectivity index (χ1v) is 6.08. The fourth-order valence-electron chi connectivity index (χ4n) is 1.29. The molecule has 2 rings (SSSR count). The van der Waals surface area contributed by atoms with Gasteiger partial charge in [0, 0.05) is 5.75 Å². The third kappa shape index (κ3) is 3.04. The van der Waals surface area contributed by atoms with Crippen molar-refractivity contribution >= 4 is 17.4 Å². The fourth-order valence-corrected chi connectivity index (χ4v) is 2.19. The molecule has 1 aliphatic rings. The molecule has 0 spiro atoms. The van der Waals surface area contributed by atoms with Crippen LogP contribution in [-0.2, 0) is 4.74 Å². The molecule has 2 N–H and O–H groups in total. The first kappa shape index (κ1) is 10.6. The molecule has 0 radical (unpaired) electrons. The van der Waals surface area contributed by atoms with Crippen LogP contribution in [0.3, 0.4) is 0 Å². The highest BCUT2D eigenvalue weighted by Crippen LogP contribution is 2.22. The van der Waals surface area contributed by atoms with Crippen molar-refractivity contribution in [2.45, 2.75) is 5.25 Å². The predicted octanol–water partition coefficient (Wildman–Crippen LogP) is 1.78. The summed E-state index contributed by atoms with van der Waals surface area (Å²) in [6, 6.07) is 7.58. The Morgan fingerprint density at radius 3 is 2.87 bits per heavy atom. The predicted molar refractivity (Wildman–Crippen MR) is 63.4 cm³/mol. The molecule has 0 atom stereocenters. The van der Waals surface area contributed by atoms with Crippen molar-refractivity contribution in [3.05, 3.63) is 24.3 Å². The van der Waals surface area contributed by atoms with E-state index >= 15 is 0 Å². The van der Waals surface area contributed by atoms with Crippen LogP contribution in [0, 0.1) is 0 Å². The molecule has 0 aliphatic carbocycles. The number of nitrogens with two attached hydrogens (primary N) is 1. The van der Waals surface area contributed by atoms with Gasteiger partial charge in [0.1, 0.15) is 5.75 Å². The second-order valence-corrected chi connectivity index (χ2v) is 4.82. The second-order valence-electron chi connectivity index (χ2n) is 3.42. The summed E-state index contributed by atoms with van der Waals surface area (Å²) in [4.78, 5) is 0. The summed E-state index contributed by atoms with van der Waals surface area (Å²) >= 11 is 1.90. The maximum absolute atomic E-state index is 5.75. The van der Waals surface area contributed by atoms with E-state index in [1.165, 1.54) is 0 Å². The van der Waals surface area contributed by atoms with Gasteiger partial charge in [-0.1, -0.05) is 12.1 Å². The average molecular weight is 225 g/mol. The van der Waals surface area contributed by atoms with Crippen LogP contribution in [0.15, 0.2) is 24.3 Å². The maximum Gasteiger partial charge on any atom is 0.142 e. The molecule has 1 fully saturated rings. The van der Waals surface area contributed by atoms with E-state index in [2.05, 4.69) is 0 Å². The molecule has 0 saturated carbocycles. The number of ether oxygens (including phenoxy) is 2. The SMILES string of the molecule is Nc1ccccc1OCCSC1COC1. The number of anilines is 1. The zero-order valence-electron chi connectivity index (χ0n) is 8.52. The van der Waals surface area contributed by atoms with Gasteiger partial charge < -0.3 is 15.2 Å². The van der Waals surface area contributed by atoms with Gasteiger partial charge in [0.25, 0.3) is 0 Å². The van der Waals surface area contributed by atoms with Crippen LogP contribution in [0.25, 0.3) is 0 Å². The number of rotatable bonds is 5. The number of benzene rings is 1. The summed E-state index contributed by atoms with van der Waals surface area (Å²) in [5.41, 5.74) is 6.45. The summed E-state index contributed by atoms with van der Waals surface area (Å²) in [5, 5.41) is 0.668. The highest BCUT2D eigenvalue weighted by molar-refractivity contribution is 8.00. The molecule has 0 aromatic heterocycles. The summed E-state index contributed by atoms with van der Waals surface area (Å²) in [6.45, 7) is 2.48. The lowest BCUT2D eigenvalue weighted by molar-refractivity contribution is 0.0454. The minimum absolute atomic E-state index is 0.668. The molecule has 82 valence electrons. The van der Waals surface area contributed by atoms with Crippen LogP contribution in [-0.4, -0.2) is 30.8 Å². The Morgan fingerprint density at radius 1 is 1.40 bits per heavy atom. The normalized spacial score (nSPS) is 16.0. The minimum Gasteiger partial charge on any atom is -0.491 e. The molecule has 0 bridgehead atoms. The fraction of sp³-hybridized carbons (Fsp3) is 0.455. The van der Waals surface area contributed by atoms with E-state index in [9.17, 15) is 0 Å². The summed E-state index contributed by atoms with van der Waals surface area (Å²) in [5.74, 6) is 1.77. The van der Waals surface area contributed by atoms with E-state index in [1.54, 1.807) is 0 Å². The topological polar surface area (TPSA) is 44.5 Å². The van der Waals surface area contributed by atoms with Crippen molar-refractivity contribution in [1.29, 1.82) is 0 Å². The third-order valence-corrected chi connectivity index (χ3v) is 3.37.